The molecule has 0 bridgehead atoms. The average Bonchev–Trinajstić information content (AvgIpc) is 3.51. The van der Waals surface area contributed by atoms with Crippen LogP contribution >= 0.6 is 22.9 Å². The highest BCUT2D eigenvalue weighted by atomic mass is 35.5. The lowest BCUT2D eigenvalue weighted by atomic mass is 10.1. The van der Waals surface area contributed by atoms with Gasteiger partial charge in [-0.1, -0.05) is 11.6 Å². The number of carbonyl (C=O) groups excluding carboxylic acids is 1. The number of hydrogen-bond acceptors (Lipinski definition) is 6. The number of nitrogens with zero attached hydrogens (tertiary/aromatic N) is 1. The van der Waals surface area contributed by atoms with Crippen LogP contribution in [0.25, 0.3) is 0 Å². The first-order valence-corrected chi connectivity index (χ1v) is 11.8. The Labute approximate surface area is 208 Å². The van der Waals surface area contributed by atoms with Gasteiger partial charge in [0.25, 0.3) is 5.91 Å². The van der Waals surface area contributed by atoms with E-state index in [0.717, 1.165) is 32.5 Å². The third kappa shape index (κ3) is 8.30. The van der Waals surface area contributed by atoms with Crippen molar-refractivity contribution in [3.05, 3.63) is 69.8 Å². The van der Waals surface area contributed by atoms with Gasteiger partial charge in [-0.05, 0) is 65.6 Å². The molecule has 0 unspecified atom stereocenters. The fourth-order valence-electron chi connectivity index (χ4n) is 3.28. The van der Waals surface area contributed by atoms with E-state index >= 15 is 0 Å². The normalized spacial score (nSPS) is 14.6. The summed E-state index contributed by atoms with van der Waals surface area (Å²) in [5, 5.41) is 14.7. The highest BCUT2D eigenvalue weighted by molar-refractivity contribution is 7.07. The summed E-state index contributed by atoms with van der Waals surface area (Å²) in [5.74, 6) is -2.17. The summed E-state index contributed by atoms with van der Waals surface area (Å²) >= 11 is 8.11. The van der Waals surface area contributed by atoms with E-state index in [-0.39, 0.29) is 17.8 Å². The molecule has 1 aliphatic rings. The average molecular weight is 531 g/mol. The summed E-state index contributed by atoms with van der Waals surface area (Å²) < 4.78 is 42.9. The van der Waals surface area contributed by atoms with Crippen LogP contribution in [-0.4, -0.2) is 47.3 Å². The van der Waals surface area contributed by atoms with E-state index in [9.17, 15) is 18.0 Å². The van der Waals surface area contributed by atoms with Gasteiger partial charge >= 0.3 is 12.1 Å². The highest BCUT2D eigenvalue weighted by Crippen LogP contribution is 2.30. The van der Waals surface area contributed by atoms with Gasteiger partial charge in [-0.15, -0.1) is 0 Å². The van der Waals surface area contributed by atoms with Crippen LogP contribution in [0, 0.1) is 0 Å². The van der Waals surface area contributed by atoms with Crippen molar-refractivity contribution in [2.45, 2.75) is 31.7 Å². The van der Waals surface area contributed by atoms with Crippen LogP contribution in [0.1, 0.15) is 29.0 Å². The van der Waals surface area contributed by atoms with Crippen molar-refractivity contribution in [2.75, 3.05) is 18.4 Å². The summed E-state index contributed by atoms with van der Waals surface area (Å²) in [5.41, 5.74) is 1.98. The van der Waals surface area contributed by atoms with E-state index in [1.807, 2.05) is 0 Å². The molecule has 35 heavy (non-hydrogen) atoms. The van der Waals surface area contributed by atoms with Crippen molar-refractivity contribution >= 4 is 40.5 Å². The number of aliphatic carboxylic acids is 1. The number of piperidine rings is 1. The van der Waals surface area contributed by atoms with E-state index in [2.05, 4.69) is 27.0 Å². The maximum Gasteiger partial charge on any atom is 0.490 e. The Morgan fingerprint density at radius 1 is 1.23 bits per heavy atom. The molecule has 1 aromatic carbocycles. The lowest BCUT2D eigenvalue weighted by Gasteiger charge is -2.32. The molecule has 12 heteroatoms. The number of hydrogen-bond donors (Lipinski definition) is 2. The molecule has 3 heterocycles. The summed E-state index contributed by atoms with van der Waals surface area (Å²) in [4.78, 5) is 23.4. The molecule has 1 amide bonds. The predicted octanol–water partition coefficient (Wildman–Crippen LogP) is 5.92. The quantitative estimate of drug-likeness (QED) is 0.411. The van der Waals surface area contributed by atoms with E-state index in [0.29, 0.717) is 16.5 Å². The number of carbonyl (C=O) groups is 2. The molecule has 1 saturated heterocycles. The number of thiophene rings is 1. The molecule has 0 aliphatic carbocycles. The van der Waals surface area contributed by atoms with Gasteiger partial charge in [-0.25, -0.2) is 4.79 Å². The molecular weight excluding hydrogens is 509 g/mol. The topological polar surface area (TPSA) is 92.0 Å². The lowest BCUT2D eigenvalue weighted by molar-refractivity contribution is -0.192. The number of anilines is 1. The maximum atomic E-state index is 12.0. The van der Waals surface area contributed by atoms with Crippen LogP contribution < -0.4 is 10.1 Å². The number of amides is 1. The van der Waals surface area contributed by atoms with Gasteiger partial charge in [0.15, 0.2) is 5.76 Å². The van der Waals surface area contributed by atoms with Crippen molar-refractivity contribution in [3.63, 3.8) is 0 Å². The van der Waals surface area contributed by atoms with Gasteiger partial charge in [-0.3, -0.25) is 9.69 Å². The fourth-order valence-corrected chi connectivity index (χ4v) is 4.17. The summed E-state index contributed by atoms with van der Waals surface area (Å²) in [6, 6.07) is 10.7. The van der Waals surface area contributed by atoms with Gasteiger partial charge in [0.1, 0.15) is 11.9 Å². The summed E-state index contributed by atoms with van der Waals surface area (Å²) in [6.07, 6.45) is -1.53. The number of likely N-dealkylation sites (tertiary alicyclic amines) is 1. The van der Waals surface area contributed by atoms with Crippen LogP contribution in [0.5, 0.6) is 5.75 Å². The third-order valence-corrected chi connectivity index (χ3v) is 6.02. The Hall–Kier alpha value is -3.02. The molecule has 0 atom stereocenters. The Morgan fingerprint density at radius 3 is 2.49 bits per heavy atom. The van der Waals surface area contributed by atoms with Gasteiger partial charge < -0.3 is 19.6 Å². The molecule has 0 radical (unpaired) electrons. The Kier molecular flexibility index (Phi) is 9.19. The second kappa shape index (κ2) is 12.1. The maximum absolute atomic E-state index is 12.0. The van der Waals surface area contributed by atoms with Crippen molar-refractivity contribution < 1.29 is 37.0 Å². The first kappa shape index (κ1) is 26.6. The molecule has 1 fully saturated rings. The molecule has 7 nitrogen and oxygen atoms in total. The van der Waals surface area contributed by atoms with Gasteiger partial charge in [0, 0.05) is 25.3 Å². The van der Waals surface area contributed by atoms with Crippen LogP contribution in [0.2, 0.25) is 5.02 Å². The molecular formula is C23H22ClF3N2O5S. The van der Waals surface area contributed by atoms with Crippen molar-refractivity contribution in [1.29, 1.82) is 0 Å². The van der Waals surface area contributed by atoms with Crippen molar-refractivity contribution in [3.8, 4) is 5.75 Å². The number of nitrogens with one attached hydrogen (secondary N) is 1. The van der Waals surface area contributed by atoms with Crippen LogP contribution in [0.15, 0.2) is 57.8 Å². The Morgan fingerprint density at radius 2 is 1.94 bits per heavy atom. The first-order chi connectivity index (χ1) is 16.6. The molecule has 4 rings (SSSR count). The van der Waals surface area contributed by atoms with E-state index < -0.39 is 12.1 Å². The third-order valence-electron chi connectivity index (χ3n) is 4.99. The molecule has 2 N–H and O–H groups in total. The minimum absolute atomic E-state index is 0.153. The summed E-state index contributed by atoms with van der Waals surface area (Å²) in [7, 11) is 0. The smallest absolute Gasteiger partial charge is 0.489 e. The van der Waals surface area contributed by atoms with Crippen LogP contribution in [0.4, 0.5) is 18.9 Å². The zero-order chi connectivity index (χ0) is 25.4. The zero-order valence-corrected chi connectivity index (χ0v) is 19.8. The number of benzene rings is 1. The van der Waals surface area contributed by atoms with Crippen molar-refractivity contribution in [1.82, 2.24) is 4.90 Å². The SMILES string of the molecule is O=C(Nc1ccc(OC2CCN(Cc3ccsc3)CC2)c(Cl)c1)c1ccco1.O=C(O)C(F)(F)F. The number of furan rings is 1. The molecule has 0 spiro atoms. The van der Waals surface area contributed by atoms with Gasteiger partial charge in [0.05, 0.1) is 11.3 Å². The Bertz CT molecular complexity index is 1100. The molecule has 0 saturated carbocycles. The largest absolute Gasteiger partial charge is 0.490 e. The number of rotatable bonds is 6. The van der Waals surface area contributed by atoms with E-state index in [4.69, 9.17) is 30.7 Å². The highest BCUT2D eigenvalue weighted by Gasteiger charge is 2.38. The number of halogens is 4. The van der Waals surface area contributed by atoms with E-state index in [1.54, 1.807) is 41.7 Å². The minimum Gasteiger partial charge on any atom is -0.489 e. The van der Waals surface area contributed by atoms with Crippen LogP contribution in [-0.2, 0) is 11.3 Å². The second-order valence-electron chi connectivity index (χ2n) is 7.60. The Balaban J connectivity index is 0.000000429. The second-order valence-corrected chi connectivity index (χ2v) is 8.79. The minimum atomic E-state index is -5.08. The van der Waals surface area contributed by atoms with Gasteiger partial charge in [-0.2, -0.15) is 24.5 Å². The number of ether oxygens (including phenoxy) is 1. The van der Waals surface area contributed by atoms with E-state index in [1.165, 1.54) is 11.8 Å². The first-order valence-electron chi connectivity index (χ1n) is 10.5. The fraction of sp³-hybridized carbons (Fsp3) is 0.304. The predicted molar refractivity (Wildman–Crippen MR) is 125 cm³/mol. The molecule has 1 aliphatic heterocycles. The molecule has 188 valence electrons. The molecule has 2 aromatic heterocycles. The van der Waals surface area contributed by atoms with Crippen molar-refractivity contribution in [2.24, 2.45) is 0 Å². The summed E-state index contributed by atoms with van der Waals surface area (Å²) in [6.45, 7) is 3.02. The van der Waals surface area contributed by atoms with Gasteiger partial charge in [0.2, 0.25) is 0 Å². The lowest BCUT2D eigenvalue weighted by Crippen LogP contribution is -2.37. The monoisotopic (exact) mass is 530 g/mol. The standard InChI is InChI=1S/C21H21ClN2O3S.C2HF3O2/c22-18-12-16(23-21(25)20-2-1-10-26-20)3-4-19(18)27-17-5-8-24(9-6-17)13-15-7-11-28-14-15;3-2(4,5)1(6)7/h1-4,7,10-12,14,17H,5-6,8-9,13H2,(H,23,25);(H,6,7). The number of carboxylic acids is 1. The molecule has 3 aromatic rings. The van der Waals surface area contributed by atoms with Crippen LogP contribution in [0.3, 0.4) is 0 Å². The number of alkyl halides is 3. The number of carboxylic acid groups (broad SMARTS) is 1. The zero-order valence-electron chi connectivity index (χ0n) is 18.3.